The van der Waals surface area contributed by atoms with Crippen molar-refractivity contribution in [3.8, 4) is 5.75 Å². The third-order valence-electron chi connectivity index (χ3n) is 4.39. The first-order valence-electron chi connectivity index (χ1n) is 7.54. The molecule has 1 aliphatic heterocycles. The van der Waals surface area contributed by atoms with Gasteiger partial charge in [0.2, 0.25) is 0 Å². The Hall–Kier alpha value is -0.580. The van der Waals surface area contributed by atoms with Crippen LogP contribution in [0, 0.1) is 5.92 Å². The van der Waals surface area contributed by atoms with Gasteiger partial charge in [-0.3, -0.25) is 0 Å². The molecular weight excluding hydrogens is 318 g/mol. The Morgan fingerprint density at radius 2 is 2.00 bits per heavy atom. The van der Waals surface area contributed by atoms with E-state index < -0.39 is 0 Å². The number of aliphatic hydroxyl groups is 1. The van der Waals surface area contributed by atoms with Gasteiger partial charge in [-0.1, -0.05) is 15.9 Å². The standard InChI is InChI=1S/C16H22BrNO2/c17-13-3-6-16-12(7-13)8-15(20-16)10-18-9-11-1-4-14(19)5-2-11/h3,6-7,11,14-15,18-19H,1-2,4-5,8-10H2. The average Bonchev–Trinajstić information content (AvgIpc) is 2.83. The molecule has 2 N–H and O–H groups in total. The van der Waals surface area contributed by atoms with Crippen LogP contribution in [0.15, 0.2) is 22.7 Å². The Labute approximate surface area is 128 Å². The molecule has 1 saturated carbocycles. The summed E-state index contributed by atoms with van der Waals surface area (Å²) in [5, 5.41) is 13.0. The fourth-order valence-electron chi connectivity index (χ4n) is 3.20. The van der Waals surface area contributed by atoms with Crippen LogP contribution in [0.25, 0.3) is 0 Å². The van der Waals surface area contributed by atoms with E-state index in [1.54, 1.807) is 0 Å². The average molecular weight is 340 g/mol. The first-order chi connectivity index (χ1) is 9.70. The molecule has 110 valence electrons. The number of rotatable bonds is 4. The topological polar surface area (TPSA) is 41.5 Å². The van der Waals surface area contributed by atoms with Crippen molar-refractivity contribution in [1.29, 1.82) is 0 Å². The van der Waals surface area contributed by atoms with Gasteiger partial charge < -0.3 is 15.2 Å². The van der Waals surface area contributed by atoms with Crippen molar-refractivity contribution < 1.29 is 9.84 Å². The van der Waals surface area contributed by atoms with E-state index in [9.17, 15) is 5.11 Å². The van der Waals surface area contributed by atoms with Gasteiger partial charge in [0.05, 0.1) is 6.10 Å². The number of hydrogen-bond acceptors (Lipinski definition) is 3. The summed E-state index contributed by atoms with van der Waals surface area (Å²) in [4.78, 5) is 0. The molecule has 0 bridgehead atoms. The van der Waals surface area contributed by atoms with E-state index >= 15 is 0 Å². The molecule has 2 aliphatic rings. The fraction of sp³-hybridized carbons (Fsp3) is 0.625. The van der Waals surface area contributed by atoms with E-state index in [-0.39, 0.29) is 12.2 Å². The number of hydrogen-bond donors (Lipinski definition) is 2. The Morgan fingerprint density at radius 1 is 1.20 bits per heavy atom. The minimum Gasteiger partial charge on any atom is -0.488 e. The van der Waals surface area contributed by atoms with Crippen LogP contribution in [0.3, 0.4) is 0 Å². The minimum absolute atomic E-state index is 0.0580. The van der Waals surface area contributed by atoms with Crippen molar-refractivity contribution in [2.75, 3.05) is 13.1 Å². The molecule has 1 aliphatic carbocycles. The number of aliphatic hydroxyl groups excluding tert-OH is 1. The highest BCUT2D eigenvalue weighted by Crippen LogP contribution is 2.31. The summed E-state index contributed by atoms with van der Waals surface area (Å²) < 4.78 is 7.06. The van der Waals surface area contributed by atoms with Gasteiger partial charge in [0.15, 0.2) is 0 Å². The van der Waals surface area contributed by atoms with Gasteiger partial charge in [-0.15, -0.1) is 0 Å². The van der Waals surface area contributed by atoms with Crippen molar-refractivity contribution in [3.05, 3.63) is 28.2 Å². The molecule has 0 amide bonds. The predicted octanol–water partition coefficient (Wildman–Crippen LogP) is 2.89. The number of benzene rings is 1. The van der Waals surface area contributed by atoms with E-state index in [1.807, 2.05) is 12.1 Å². The summed E-state index contributed by atoms with van der Waals surface area (Å²) in [6.07, 6.45) is 5.41. The highest BCUT2D eigenvalue weighted by molar-refractivity contribution is 9.10. The lowest BCUT2D eigenvalue weighted by molar-refractivity contribution is 0.107. The Kier molecular flexibility index (Phi) is 4.64. The molecule has 1 heterocycles. The van der Waals surface area contributed by atoms with Crippen LogP contribution in [0.5, 0.6) is 5.75 Å². The van der Waals surface area contributed by atoms with E-state index in [4.69, 9.17) is 4.74 Å². The van der Waals surface area contributed by atoms with Gasteiger partial charge in [-0.05, 0) is 61.9 Å². The van der Waals surface area contributed by atoms with E-state index in [0.29, 0.717) is 0 Å². The Morgan fingerprint density at radius 3 is 2.80 bits per heavy atom. The molecule has 1 aromatic rings. The summed E-state index contributed by atoms with van der Waals surface area (Å²) in [5.74, 6) is 1.75. The first kappa shape index (κ1) is 14.4. The smallest absolute Gasteiger partial charge is 0.123 e. The molecular formula is C16H22BrNO2. The van der Waals surface area contributed by atoms with Gasteiger partial charge in [0.1, 0.15) is 11.9 Å². The lowest BCUT2D eigenvalue weighted by Crippen LogP contribution is -2.34. The highest BCUT2D eigenvalue weighted by atomic mass is 79.9. The molecule has 0 spiro atoms. The molecule has 4 heteroatoms. The maximum atomic E-state index is 9.50. The normalized spacial score (nSPS) is 29.0. The van der Waals surface area contributed by atoms with Gasteiger partial charge in [0, 0.05) is 17.4 Å². The molecule has 1 fully saturated rings. The predicted molar refractivity (Wildman–Crippen MR) is 83.1 cm³/mol. The molecule has 20 heavy (non-hydrogen) atoms. The Bertz CT molecular complexity index is 458. The second-order valence-corrected chi connectivity index (χ2v) is 6.94. The molecule has 1 unspecified atom stereocenters. The van der Waals surface area contributed by atoms with E-state index in [1.165, 1.54) is 5.56 Å². The van der Waals surface area contributed by atoms with Crippen molar-refractivity contribution in [2.45, 2.75) is 44.3 Å². The molecule has 0 aromatic heterocycles. The summed E-state index contributed by atoms with van der Waals surface area (Å²) in [5.41, 5.74) is 1.30. The molecule has 0 saturated heterocycles. The van der Waals surface area contributed by atoms with Gasteiger partial charge in [-0.2, -0.15) is 0 Å². The zero-order valence-electron chi connectivity index (χ0n) is 11.6. The summed E-state index contributed by atoms with van der Waals surface area (Å²) in [7, 11) is 0. The van der Waals surface area contributed by atoms with Crippen LogP contribution in [0.2, 0.25) is 0 Å². The SMILES string of the molecule is OC1CCC(CNCC2Cc3cc(Br)ccc3O2)CC1. The van der Waals surface area contributed by atoms with Crippen molar-refractivity contribution in [2.24, 2.45) is 5.92 Å². The third kappa shape index (κ3) is 3.54. The van der Waals surface area contributed by atoms with Gasteiger partial charge >= 0.3 is 0 Å². The monoisotopic (exact) mass is 339 g/mol. The number of ether oxygens (including phenoxy) is 1. The fourth-order valence-corrected chi connectivity index (χ4v) is 3.61. The molecule has 1 aromatic carbocycles. The molecule has 0 radical (unpaired) electrons. The minimum atomic E-state index is -0.0580. The number of fused-ring (bicyclic) bond motifs is 1. The Balaban J connectivity index is 1.40. The molecule has 1 atom stereocenters. The lowest BCUT2D eigenvalue weighted by atomic mass is 9.87. The lowest BCUT2D eigenvalue weighted by Gasteiger charge is -2.26. The van der Waals surface area contributed by atoms with Crippen molar-refractivity contribution in [1.82, 2.24) is 5.32 Å². The van der Waals surface area contributed by atoms with Crippen LogP contribution in [0.1, 0.15) is 31.2 Å². The summed E-state index contributed by atoms with van der Waals surface area (Å²) in [6, 6.07) is 6.22. The maximum absolute atomic E-state index is 9.50. The summed E-state index contributed by atoms with van der Waals surface area (Å²) >= 11 is 3.50. The third-order valence-corrected chi connectivity index (χ3v) is 4.88. The zero-order chi connectivity index (χ0) is 13.9. The molecule has 3 nitrogen and oxygen atoms in total. The number of nitrogens with one attached hydrogen (secondary N) is 1. The second-order valence-electron chi connectivity index (χ2n) is 6.03. The van der Waals surface area contributed by atoms with E-state index in [2.05, 4.69) is 27.3 Å². The zero-order valence-corrected chi connectivity index (χ0v) is 13.2. The number of halogens is 1. The quantitative estimate of drug-likeness (QED) is 0.886. The van der Waals surface area contributed by atoms with Crippen LogP contribution in [-0.2, 0) is 6.42 Å². The van der Waals surface area contributed by atoms with Crippen molar-refractivity contribution in [3.63, 3.8) is 0 Å². The van der Waals surface area contributed by atoms with E-state index in [0.717, 1.165) is 61.3 Å². The second kappa shape index (κ2) is 6.46. The molecule has 3 rings (SSSR count). The van der Waals surface area contributed by atoms with Crippen LogP contribution in [0.4, 0.5) is 0 Å². The van der Waals surface area contributed by atoms with Crippen LogP contribution < -0.4 is 10.1 Å². The van der Waals surface area contributed by atoms with Crippen molar-refractivity contribution >= 4 is 15.9 Å². The van der Waals surface area contributed by atoms with Crippen LogP contribution in [-0.4, -0.2) is 30.4 Å². The largest absolute Gasteiger partial charge is 0.488 e. The maximum Gasteiger partial charge on any atom is 0.123 e. The van der Waals surface area contributed by atoms with Gasteiger partial charge in [0.25, 0.3) is 0 Å². The summed E-state index contributed by atoms with van der Waals surface area (Å²) in [6.45, 7) is 1.96. The van der Waals surface area contributed by atoms with Gasteiger partial charge in [-0.25, -0.2) is 0 Å². The highest BCUT2D eigenvalue weighted by Gasteiger charge is 2.23. The first-order valence-corrected chi connectivity index (χ1v) is 8.34. The van der Waals surface area contributed by atoms with Crippen LogP contribution >= 0.6 is 15.9 Å².